The van der Waals surface area contributed by atoms with Crippen LogP contribution in [-0.2, 0) is 6.54 Å². The summed E-state index contributed by atoms with van der Waals surface area (Å²) in [5, 5.41) is 31.2. The molecule has 1 aromatic carbocycles. The predicted octanol–water partition coefficient (Wildman–Crippen LogP) is 2.18. The average molecular weight is 283 g/mol. The first-order chi connectivity index (χ1) is 9.36. The Morgan fingerprint density at radius 3 is 2.40 bits per heavy atom. The van der Waals surface area contributed by atoms with Gasteiger partial charge in [0.25, 0.3) is 5.69 Å². The topological polar surface area (TPSA) is 133 Å². The summed E-state index contributed by atoms with van der Waals surface area (Å²) in [5.41, 5.74) is 0.425. The van der Waals surface area contributed by atoms with Crippen molar-refractivity contribution in [3.63, 3.8) is 0 Å². The smallest absolute Gasteiger partial charge is 0.417 e. The predicted molar refractivity (Wildman–Crippen MR) is 68.9 cm³/mol. The third-order valence-corrected chi connectivity index (χ3v) is 2.46. The van der Waals surface area contributed by atoms with Crippen molar-refractivity contribution in [3.05, 3.63) is 33.9 Å². The molecule has 0 fully saturated rings. The Morgan fingerprint density at radius 2 is 1.95 bits per heavy atom. The average Bonchev–Trinajstić information content (AvgIpc) is 2.36. The molecule has 0 aromatic heterocycles. The molecule has 1 aromatic rings. The van der Waals surface area contributed by atoms with Gasteiger partial charge in [-0.05, 0) is 13.0 Å². The highest BCUT2D eigenvalue weighted by atomic mass is 16.6. The molecule has 3 N–H and O–H groups in total. The Labute approximate surface area is 113 Å². The normalized spacial score (nSPS) is 9.85. The number of carboxylic acid groups (broad SMARTS) is 2. The fraction of sp³-hybridized carbons (Fsp3) is 0.273. The monoisotopic (exact) mass is 283 g/mol. The molecule has 0 aliphatic heterocycles. The van der Waals surface area contributed by atoms with Gasteiger partial charge in [-0.25, -0.2) is 14.5 Å². The molecule has 0 bridgehead atoms. The van der Waals surface area contributed by atoms with Gasteiger partial charge in [-0.1, -0.05) is 0 Å². The summed E-state index contributed by atoms with van der Waals surface area (Å²) >= 11 is 0. The molecule has 0 atom stereocenters. The zero-order valence-corrected chi connectivity index (χ0v) is 10.6. The molecule has 0 aliphatic rings. The van der Waals surface area contributed by atoms with Crippen molar-refractivity contribution in [2.45, 2.75) is 13.5 Å². The molecule has 108 valence electrons. The SMILES string of the molecule is CCNc1ccc([N+](=O)[O-])cc1CN(C(=O)O)C(=O)O. The van der Waals surface area contributed by atoms with E-state index < -0.39 is 23.7 Å². The van der Waals surface area contributed by atoms with Gasteiger partial charge >= 0.3 is 12.2 Å². The van der Waals surface area contributed by atoms with E-state index in [1.54, 1.807) is 6.92 Å². The lowest BCUT2D eigenvalue weighted by Crippen LogP contribution is -2.34. The molecule has 9 heteroatoms. The van der Waals surface area contributed by atoms with Crippen LogP contribution in [0.4, 0.5) is 21.0 Å². The molecule has 0 saturated heterocycles. The number of rotatable bonds is 5. The summed E-state index contributed by atoms with van der Waals surface area (Å²) in [6.45, 7) is 1.80. The van der Waals surface area contributed by atoms with Crippen LogP contribution in [0.1, 0.15) is 12.5 Å². The lowest BCUT2D eigenvalue weighted by molar-refractivity contribution is -0.384. The molecular formula is C11H13N3O6. The maximum Gasteiger partial charge on any atom is 0.417 e. The van der Waals surface area contributed by atoms with Gasteiger partial charge < -0.3 is 15.5 Å². The molecule has 0 saturated carbocycles. The number of nitrogens with zero attached hydrogens (tertiary/aromatic N) is 2. The molecule has 0 aliphatic carbocycles. The summed E-state index contributed by atoms with van der Waals surface area (Å²) in [4.78, 5) is 31.9. The van der Waals surface area contributed by atoms with Crippen molar-refractivity contribution in [3.8, 4) is 0 Å². The molecule has 1 rings (SSSR count). The van der Waals surface area contributed by atoms with E-state index in [1.165, 1.54) is 12.1 Å². The Bertz CT molecular complexity index is 531. The van der Waals surface area contributed by atoms with Crippen LogP contribution < -0.4 is 5.32 Å². The third-order valence-electron chi connectivity index (χ3n) is 2.46. The molecule has 20 heavy (non-hydrogen) atoms. The molecule has 0 heterocycles. The van der Waals surface area contributed by atoms with E-state index in [-0.39, 0.29) is 16.2 Å². The van der Waals surface area contributed by atoms with Crippen LogP contribution in [0.5, 0.6) is 0 Å². The van der Waals surface area contributed by atoms with Gasteiger partial charge in [0.1, 0.15) is 0 Å². The summed E-state index contributed by atoms with van der Waals surface area (Å²) in [6.07, 6.45) is -3.29. The van der Waals surface area contributed by atoms with Crippen molar-refractivity contribution in [2.24, 2.45) is 0 Å². The highest BCUT2D eigenvalue weighted by molar-refractivity contribution is 5.85. The lowest BCUT2D eigenvalue weighted by Gasteiger charge is -2.16. The van der Waals surface area contributed by atoms with Crippen LogP contribution in [0.3, 0.4) is 0 Å². The Balaban J connectivity index is 3.17. The number of nitrogens with one attached hydrogen (secondary N) is 1. The number of non-ortho nitro benzene ring substituents is 1. The Hall–Kier alpha value is -2.84. The zero-order chi connectivity index (χ0) is 15.3. The summed E-state index contributed by atoms with van der Waals surface area (Å²) < 4.78 is 0. The summed E-state index contributed by atoms with van der Waals surface area (Å²) in [5.74, 6) is 0. The highest BCUT2D eigenvalue weighted by Crippen LogP contribution is 2.23. The molecule has 0 spiro atoms. The number of nitro benzene ring substituents is 1. The van der Waals surface area contributed by atoms with Crippen molar-refractivity contribution >= 4 is 23.6 Å². The number of hydrogen-bond acceptors (Lipinski definition) is 5. The Morgan fingerprint density at radius 1 is 1.35 bits per heavy atom. The van der Waals surface area contributed by atoms with Crippen LogP contribution in [0.2, 0.25) is 0 Å². The summed E-state index contributed by atoms with van der Waals surface area (Å²) in [6, 6.07) is 3.82. The van der Waals surface area contributed by atoms with Gasteiger partial charge in [0.2, 0.25) is 0 Å². The minimum Gasteiger partial charge on any atom is -0.465 e. The number of benzene rings is 1. The Kier molecular flexibility index (Phi) is 4.84. The molecule has 0 unspecified atom stereocenters. The largest absolute Gasteiger partial charge is 0.465 e. The first-order valence-corrected chi connectivity index (χ1v) is 5.61. The van der Waals surface area contributed by atoms with Crippen LogP contribution in [0, 0.1) is 10.1 Å². The van der Waals surface area contributed by atoms with E-state index in [4.69, 9.17) is 10.2 Å². The van der Waals surface area contributed by atoms with Crippen LogP contribution in [0.25, 0.3) is 0 Å². The van der Waals surface area contributed by atoms with Gasteiger partial charge in [0, 0.05) is 29.9 Å². The van der Waals surface area contributed by atoms with Crippen molar-refractivity contribution in [1.29, 1.82) is 0 Å². The van der Waals surface area contributed by atoms with Crippen LogP contribution in [-0.4, -0.2) is 38.8 Å². The van der Waals surface area contributed by atoms with E-state index in [0.717, 1.165) is 6.07 Å². The van der Waals surface area contributed by atoms with E-state index in [9.17, 15) is 19.7 Å². The molecular weight excluding hydrogens is 270 g/mol. The quantitative estimate of drug-likeness (QED) is 0.557. The molecule has 0 radical (unpaired) electrons. The molecule has 9 nitrogen and oxygen atoms in total. The van der Waals surface area contributed by atoms with Crippen molar-refractivity contribution < 1.29 is 24.7 Å². The first-order valence-electron chi connectivity index (χ1n) is 5.61. The third kappa shape index (κ3) is 3.57. The van der Waals surface area contributed by atoms with Gasteiger partial charge in [-0.2, -0.15) is 0 Å². The van der Waals surface area contributed by atoms with Gasteiger partial charge in [-0.3, -0.25) is 10.1 Å². The van der Waals surface area contributed by atoms with Crippen LogP contribution >= 0.6 is 0 Å². The van der Waals surface area contributed by atoms with Gasteiger partial charge in [-0.15, -0.1) is 0 Å². The van der Waals surface area contributed by atoms with Crippen LogP contribution in [0.15, 0.2) is 18.2 Å². The number of anilines is 1. The minimum atomic E-state index is -1.65. The number of imide groups is 1. The molecule has 2 amide bonds. The van der Waals surface area contributed by atoms with E-state index in [1.807, 2.05) is 0 Å². The number of nitro groups is 1. The fourth-order valence-corrected chi connectivity index (χ4v) is 1.57. The zero-order valence-electron chi connectivity index (χ0n) is 10.6. The van der Waals surface area contributed by atoms with Gasteiger partial charge in [0.05, 0.1) is 11.5 Å². The van der Waals surface area contributed by atoms with E-state index in [2.05, 4.69) is 5.32 Å². The van der Waals surface area contributed by atoms with E-state index in [0.29, 0.717) is 12.2 Å². The lowest BCUT2D eigenvalue weighted by atomic mass is 10.1. The standard InChI is InChI=1S/C11H13N3O6/c1-2-12-9-4-3-8(14(19)20)5-7(9)6-13(10(15)16)11(17)18/h3-5,12H,2,6H2,1H3,(H,15,16)(H,17,18). The summed E-state index contributed by atoms with van der Waals surface area (Å²) in [7, 11) is 0. The first kappa shape index (κ1) is 15.2. The second-order valence-corrected chi connectivity index (χ2v) is 3.78. The maximum atomic E-state index is 10.8. The van der Waals surface area contributed by atoms with Gasteiger partial charge in [0.15, 0.2) is 0 Å². The second kappa shape index (κ2) is 6.36. The highest BCUT2D eigenvalue weighted by Gasteiger charge is 2.22. The fourth-order valence-electron chi connectivity index (χ4n) is 1.57. The van der Waals surface area contributed by atoms with Crippen molar-refractivity contribution in [2.75, 3.05) is 11.9 Å². The number of carbonyl (C=O) groups is 2. The van der Waals surface area contributed by atoms with Crippen molar-refractivity contribution in [1.82, 2.24) is 4.90 Å². The number of hydrogen-bond donors (Lipinski definition) is 3. The van der Waals surface area contributed by atoms with E-state index >= 15 is 0 Å². The second-order valence-electron chi connectivity index (χ2n) is 3.78. The minimum absolute atomic E-state index is 0.153. The maximum absolute atomic E-state index is 10.8. The number of amides is 2.